The lowest BCUT2D eigenvalue weighted by atomic mass is 9.94. The van der Waals surface area contributed by atoms with Gasteiger partial charge in [0.1, 0.15) is 5.88 Å². The van der Waals surface area contributed by atoms with Crippen LogP contribution in [0.5, 0.6) is 0 Å². The maximum atomic E-state index is 12.9. The largest absolute Gasteiger partial charge is 0.481 e. The summed E-state index contributed by atoms with van der Waals surface area (Å²) in [5.41, 5.74) is 0. The van der Waals surface area contributed by atoms with E-state index in [1.807, 2.05) is 6.92 Å². The van der Waals surface area contributed by atoms with Crippen molar-refractivity contribution in [3.05, 3.63) is 36.7 Å². The van der Waals surface area contributed by atoms with Gasteiger partial charge in [0.25, 0.3) is 0 Å². The molecule has 1 aliphatic rings. The Kier molecular flexibility index (Phi) is 6.75. The van der Waals surface area contributed by atoms with E-state index in [2.05, 4.69) is 9.71 Å². The molecule has 2 N–H and O–H groups in total. The topological polar surface area (TPSA) is 134 Å². The normalized spacial score (nSPS) is 19.2. The predicted octanol–water partition coefficient (Wildman–Crippen LogP) is 1.77. The number of carboxylic acid groups (broad SMARTS) is 1. The molecule has 0 radical (unpaired) electrons. The Balaban J connectivity index is 1.82. The van der Waals surface area contributed by atoms with E-state index in [1.54, 1.807) is 18.2 Å². The first kappa shape index (κ1) is 22.6. The molecule has 3 rings (SSSR count). The molecule has 2 unspecified atom stereocenters. The molecule has 1 saturated heterocycles. The minimum absolute atomic E-state index is 0.0371. The molecule has 30 heavy (non-hydrogen) atoms. The van der Waals surface area contributed by atoms with Crippen molar-refractivity contribution >= 4 is 36.8 Å². The molecule has 1 aliphatic heterocycles. The Hall–Kier alpha value is -2.08. The van der Waals surface area contributed by atoms with Gasteiger partial charge in [0.2, 0.25) is 20.0 Å². The molecule has 0 spiro atoms. The Morgan fingerprint density at radius 3 is 2.77 bits per heavy atom. The van der Waals surface area contributed by atoms with E-state index in [-0.39, 0.29) is 11.4 Å². The van der Waals surface area contributed by atoms with Crippen LogP contribution in [0.4, 0.5) is 0 Å². The number of benzene rings is 1. The molecule has 0 saturated carbocycles. The van der Waals surface area contributed by atoms with Crippen molar-refractivity contribution in [1.82, 2.24) is 14.0 Å². The van der Waals surface area contributed by atoms with Crippen LogP contribution in [-0.2, 0) is 24.8 Å². The van der Waals surface area contributed by atoms with Crippen molar-refractivity contribution < 1.29 is 26.7 Å². The van der Waals surface area contributed by atoms with Crippen LogP contribution in [0.25, 0.3) is 10.8 Å². The lowest BCUT2D eigenvalue weighted by Crippen LogP contribution is -2.46. The SMILES string of the molecule is CCCC(C(=O)O)C1CCCN1S(=O)(=O)CNS(=O)(=O)c1cccc2cnccc12. The third-order valence-electron chi connectivity index (χ3n) is 5.35. The number of nitrogens with zero attached hydrogens (tertiary/aromatic N) is 2. The van der Waals surface area contributed by atoms with Crippen molar-refractivity contribution in [2.75, 3.05) is 12.4 Å². The highest BCUT2D eigenvalue weighted by molar-refractivity contribution is 7.92. The summed E-state index contributed by atoms with van der Waals surface area (Å²) < 4.78 is 54.8. The van der Waals surface area contributed by atoms with E-state index in [4.69, 9.17) is 0 Å². The quantitative estimate of drug-likeness (QED) is 0.588. The molecule has 1 fully saturated rings. The smallest absolute Gasteiger partial charge is 0.308 e. The van der Waals surface area contributed by atoms with Crippen molar-refractivity contribution in [2.24, 2.45) is 5.92 Å². The maximum absolute atomic E-state index is 12.9. The lowest BCUT2D eigenvalue weighted by molar-refractivity contribution is -0.143. The molecule has 1 aromatic carbocycles. The Morgan fingerprint density at radius 1 is 1.30 bits per heavy atom. The highest BCUT2D eigenvalue weighted by atomic mass is 32.2. The van der Waals surface area contributed by atoms with Gasteiger partial charge in [-0.15, -0.1) is 0 Å². The number of carbonyl (C=O) groups is 1. The van der Waals surface area contributed by atoms with Crippen molar-refractivity contribution in [2.45, 2.75) is 43.5 Å². The first-order chi connectivity index (χ1) is 14.2. The molecule has 1 aromatic heterocycles. The molecule has 0 bridgehead atoms. The zero-order valence-corrected chi connectivity index (χ0v) is 18.2. The Bertz CT molecular complexity index is 1130. The number of hydrogen-bond donors (Lipinski definition) is 2. The van der Waals surface area contributed by atoms with E-state index in [1.165, 1.54) is 18.5 Å². The summed E-state index contributed by atoms with van der Waals surface area (Å²) in [6, 6.07) is 5.56. The number of hydrogen-bond acceptors (Lipinski definition) is 6. The highest BCUT2D eigenvalue weighted by Crippen LogP contribution is 2.30. The molecule has 0 aliphatic carbocycles. The van der Waals surface area contributed by atoms with Gasteiger partial charge >= 0.3 is 5.97 Å². The first-order valence-corrected chi connectivity index (χ1v) is 12.8. The van der Waals surface area contributed by atoms with Crippen molar-refractivity contribution in [3.8, 4) is 0 Å². The standard InChI is InChI=1S/C19H25N3O6S2/c1-2-5-16(19(23)24)17-7-4-11-22(17)29(25,26)13-21-30(27,28)18-8-3-6-14-12-20-10-9-15(14)18/h3,6,8-10,12,16-17,21H,2,4-5,7,11,13H2,1H3,(H,23,24). The van der Waals surface area contributed by atoms with Crippen LogP contribution in [0.3, 0.4) is 0 Å². The number of nitrogens with one attached hydrogen (secondary N) is 1. The van der Waals surface area contributed by atoms with Crippen LogP contribution >= 0.6 is 0 Å². The van der Waals surface area contributed by atoms with Gasteiger partial charge < -0.3 is 5.11 Å². The Morgan fingerprint density at radius 2 is 2.07 bits per heavy atom. The molecular weight excluding hydrogens is 430 g/mol. The fraction of sp³-hybridized carbons (Fsp3) is 0.474. The number of carboxylic acids is 1. The summed E-state index contributed by atoms with van der Waals surface area (Å²) in [6.45, 7) is 2.03. The molecule has 2 aromatic rings. The minimum Gasteiger partial charge on any atom is -0.481 e. The van der Waals surface area contributed by atoms with Crippen LogP contribution in [0.2, 0.25) is 0 Å². The van der Waals surface area contributed by atoms with Crippen LogP contribution in [0, 0.1) is 5.92 Å². The summed E-state index contributed by atoms with van der Waals surface area (Å²) in [4.78, 5) is 15.6. The van der Waals surface area contributed by atoms with Gasteiger partial charge in [0.15, 0.2) is 0 Å². The number of rotatable bonds is 9. The summed E-state index contributed by atoms with van der Waals surface area (Å²) >= 11 is 0. The van der Waals surface area contributed by atoms with E-state index < -0.39 is 43.9 Å². The van der Waals surface area contributed by atoms with Crippen LogP contribution in [0.15, 0.2) is 41.6 Å². The number of sulfonamides is 2. The Labute approximate surface area is 176 Å². The van der Waals surface area contributed by atoms with Gasteiger partial charge in [-0.05, 0) is 31.4 Å². The zero-order chi connectivity index (χ0) is 21.9. The molecule has 11 heteroatoms. The van der Waals surface area contributed by atoms with Gasteiger partial charge in [-0.3, -0.25) is 9.78 Å². The summed E-state index contributed by atoms with van der Waals surface area (Å²) in [5, 5.41) is 10.6. The number of pyridine rings is 1. The molecular formula is C19H25N3O6S2. The minimum atomic E-state index is -4.11. The number of fused-ring (bicyclic) bond motifs is 1. The van der Waals surface area contributed by atoms with E-state index in [9.17, 15) is 26.7 Å². The fourth-order valence-electron chi connectivity index (χ4n) is 3.94. The third kappa shape index (κ3) is 4.64. The molecule has 2 atom stereocenters. The average Bonchev–Trinajstić information content (AvgIpc) is 3.20. The average molecular weight is 456 g/mol. The second-order valence-corrected chi connectivity index (χ2v) is 11.0. The fourth-order valence-corrected chi connectivity index (χ4v) is 7.29. The molecule has 164 valence electrons. The second kappa shape index (κ2) is 8.96. The van der Waals surface area contributed by atoms with E-state index >= 15 is 0 Å². The third-order valence-corrected chi connectivity index (χ3v) is 8.67. The van der Waals surface area contributed by atoms with E-state index in [0.29, 0.717) is 36.5 Å². The van der Waals surface area contributed by atoms with E-state index in [0.717, 1.165) is 4.31 Å². The predicted molar refractivity (Wildman–Crippen MR) is 112 cm³/mol. The lowest BCUT2D eigenvalue weighted by Gasteiger charge is -2.28. The van der Waals surface area contributed by atoms with Crippen molar-refractivity contribution in [1.29, 1.82) is 0 Å². The monoisotopic (exact) mass is 455 g/mol. The summed E-state index contributed by atoms with van der Waals surface area (Å²) in [7, 11) is -8.15. The number of aromatic nitrogens is 1. The van der Waals surface area contributed by atoms with Gasteiger partial charge in [0, 0.05) is 35.8 Å². The second-order valence-electron chi connectivity index (χ2n) is 7.31. The van der Waals surface area contributed by atoms with Crippen LogP contribution in [-0.4, -0.2) is 55.7 Å². The van der Waals surface area contributed by atoms with Gasteiger partial charge in [0.05, 0.1) is 10.8 Å². The van der Waals surface area contributed by atoms with Crippen molar-refractivity contribution in [3.63, 3.8) is 0 Å². The molecule has 9 nitrogen and oxygen atoms in total. The summed E-state index contributed by atoms with van der Waals surface area (Å²) in [6.07, 6.45) is 4.96. The highest BCUT2D eigenvalue weighted by Gasteiger charge is 2.41. The van der Waals surface area contributed by atoms with Gasteiger partial charge in [-0.2, -0.15) is 9.03 Å². The first-order valence-electron chi connectivity index (χ1n) is 9.72. The van der Waals surface area contributed by atoms with Gasteiger partial charge in [-0.1, -0.05) is 25.5 Å². The van der Waals surface area contributed by atoms with Crippen LogP contribution in [0.1, 0.15) is 32.6 Å². The van der Waals surface area contributed by atoms with Gasteiger partial charge in [-0.25, -0.2) is 16.8 Å². The summed E-state index contributed by atoms with van der Waals surface area (Å²) in [5.74, 6) is -2.67. The maximum Gasteiger partial charge on any atom is 0.308 e. The zero-order valence-electron chi connectivity index (χ0n) is 16.6. The molecule has 2 heterocycles. The van der Waals surface area contributed by atoms with Crippen LogP contribution < -0.4 is 4.72 Å². The molecule has 0 amide bonds. The number of aliphatic carboxylic acids is 1.